The number of amides is 1. The number of ether oxygens (including phenoxy) is 3. The number of carbonyl (C=O) groups is 1. The minimum Gasteiger partial charge on any atom is -0.483 e. The highest BCUT2D eigenvalue weighted by Gasteiger charge is 2.27. The maximum Gasteiger partial charge on any atom is 0.257 e. The minimum atomic E-state index is -0.959. The number of nitrogens with one attached hydrogen (secondary N) is 1. The molecule has 0 radical (unpaired) electrons. The second-order valence-corrected chi connectivity index (χ2v) is 7.52. The van der Waals surface area contributed by atoms with E-state index in [1.807, 2.05) is 30.3 Å². The van der Waals surface area contributed by atoms with Crippen molar-refractivity contribution in [2.45, 2.75) is 26.0 Å². The highest BCUT2D eigenvalue weighted by molar-refractivity contribution is 5.94. The molecule has 0 bridgehead atoms. The van der Waals surface area contributed by atoms with Crippen molar-refractivity contribution in [1.29, 1.82) is 0 Å². The molecule has 9 heteroatoms. The van der Waals surface area contributed by atoms with Gasteiger partial charge in [0.1, 0.15) is 29.5 Å². The molecule has 1 amide bonds. The van der Waals surface area contributed by atoms with E-state index in [4.69, 9.17) is 14.2 Å². The molecule has 1 heterocycles. The van der Waals surface area contributed by atoms with E-state index in [2.05, 4.69) is 11.9 Å². The van der Waals surface area contributed by atoms with Gasteiger partial charge in [-0.05, 0) is 11.6 Å². The Kier molecular flexibility index (Phi) is 8.88. The molecule has 7 nitrogen and oxygen atoms in total. The van der Waals surface area contributed by atoms with Crippen LogP contribution >= 0.6 is 0 Å². The molecule has 1 aromatic heterocycles. The highest BCUT2D eigenvalue weighted by atomic mass is 19.1. The molecule has 2 aromatic carbocycles. The molecular weight excluding hydrogens is 458 g/mol. The van der Waals surface area contributed by atoms with Crippen LogP contribution in [0.25, 0.3) is 0 Å². The van der Waals surface area contributed by atoms with Gasteiger partial charge in [-0.2, -0.15) is 0 Å². The van der Waals surface area contributed by atoms with Crippen molar-refractivity contribution in [2.24, 2.45) is 0 Å². The van der Waals surface area contributed by atoms with E-state index in [1.54, 1.807) is 10.6 Å². The maximum absolute atomic E-state index is 14.0. The number of halogens is 2. The van der Waals surface area contributed by atoms with E-state index in [-0.39, 0.29) is 42.3 Å². The van der Waals surface area contributed by atoms with Gasteiger partial charge in [-0.3, -0.25) is 9.59 Å². The van der Waals surface area contributed by atoms with E-state index >= 15 is 0 Å². The van der Waals surface area contributed by atoms with Crippen LogP contribution < -0.4 is 15.5 Å². The molecule has 0 saturated carbocycles. The first-order valence-electron chi connectivity index (χ1n) is 10.7. The number of benzene rings is 2. The Labute approximate surface area is 201 Å². The lowest BCUT2D eigenvalue weighted by atomic mass is 10.1. The van der Waals surface area contributed by atoms with Gasteiger partial charge in [0.05, 0.1) is 0 Å². The SMILES string of the molecule is C=CCn1cc(C(=O)NCc2ccc(F)cc2F)c(=O)c(OCc2ccccc2)c1C(OC)OC. The zero-order chi connectivity index (χ0) is 25.4. The molecule has 0 spiro atoms. The Morgan fingerprint density at radius 2 is 1.86 bits per heavy atom. The van der Waals surface area contributed by atoms with Gasteiger partial charge in [-0.25, -0.2) is 8.78 Å². The topological polar surface area (TPSA) is 78.8 Å². The molecule has 35 heavy (non-hydrogen) atoms. The largest absolute Gasteiger partial charge is 0.483 e. The molecule has 3 rings (SSSR count). The second kappa shape index (κ2) is 12.0. The number of pyridine rings is 1. The number of methoxy groups -OCH3 is 2. The summed E-state index contributed by atoms with van der Waals surface area (Å²) in [6.45, 7) is 3.76. The Morgan fingerprint density at radius 3 is 2.49 bits per heavy atom. The molecular formula is C26H26F2N2O5. The summed E-state index contributed by atoms with van der Waals surface area (Å²) < 4.78 is 45.4. The minimum absolute atomic E-state index is 0.0587. The van der Waals surface area contributed by atoms with Gasteiger partial charge in [0.2, 0.25) is 11.7 Å². The van der Waals surface area contributed by atoms with Crippen LogP contribution in [0.4, 0.5) is 8.78 Å². The maximum atomic E-state index is 14.0. The van der Waals surface area contributed by atoms with Crippen LogP contribution in [-0.4, -0.2) is 24.7 Å². The first kappa shape index (κ1) is 25.8. The summed E-state index contributed by atoms with van der Waals surface area (Å²) in [6.07, 6.45) is 1.96. The van der Waals surface area contributed by atoms with Crippen molar-refractivity contribution < 1.29 is 27.8 Å². The van der Waals surface area contributed by atoms with Gasteiger partial charge in [-0.15, -0.1) is 6.58 Å². The number of hydrogen-bond acceptors (Lipinski definition) is 5. The molecule has 1 N–H and O–H groups in total. The van der Waals surface area contributed by atoms with Crippen LogP contribution in [0, 0.1) is 11.6 Å². The smallest absolute Gasteiger partial charge is 0.257 e. The monoisotopic (exact) mass is 484 g/mol. The van der Waals surface area contributed by atoms with Gasteiger partial charge < -0.3 is 24.1 Å². The van der Waals surface area contributed by atoms with Crippen LogP contribution in [0.15, 0.2) is 72.2 Å². The van der Waals surface area contributed by atoms with Crippen LogP contribution in [0.1, 0.15) is 33.5 Å². The van der Waals surface area contributed by atoms with E-state index < -0.39 is 29.3 Å². The number of nitrogens with zero attached hydrogens (tertiary/aromatic N) is 1. The van der Waals surface area contributed by atoms with E-state index in [0.29, 0.717) is 0 Å². The van der Waals surface area contributed by atoms with E-state index in [0.717, 1.165) is 17.7 Å². The fraction of sp³-hybridized carbons (Fsp3) is 0.231. The zero-order valence-electron chi connectivity index (χ0n) is 19.4. The third kappa shape index (κ3) is 6.20. The Hall–Kier alpha value is -3.82. The third-order valence-corrected chi connectivity index (χ3v) is 5.18. The lowest BCUT2D eigenvalue weighted by Crippen LogP contribution is -2.32. The van der Waals surface area contributed by atoms with Crippen molar-refractivity contribution in [3.63, 3.8) is 0 Å². The molecule has 0 unspecified atom stereocenters. The zero-order valence-corrected chi connectivity index (χ0v) is 19.4. The van der Waals surface area contributed by atoms with Gasteiger partial charge >= 0.3 is 0 Å². The Balaban J connectivity index is 2.01. The van der Waals surface area contributed by atoms with E-state index in [9.17, 15) is 18.4 Å². The predicted octanol–water partition coefficient (Wildman–Crippen LogP) is 4.11. The lowest BCUT2D eigenvalue weighted by Gasteiger charge is -2.23. The first-order chi connectivity index (χ1) is 16.9. The lowest BCUT2D eigenvalue weighted by molar-refractivity contribution is -0.112. The Morgan fingerprint density at radius 1 is 1.14 bits per heavy atom. The summed E-state index contributed by atoms with van der Waals surface area (Å²) in [4.78, 5) is 26.4. The second-order valence-electron chi connectivity index (χ2n) is 7.52. The molecule has 0 atom stereocenters. The number of carbonyl (C=O) groups excluding carboxylic acids is 1. The van der Waals surface area contributed by atoms with Crippen molar-refractivity contribution in [2.75, 3.05) is 14.2 Å². The van der Waals surface area contributed by atoms with Crippen molar-refractivity contribution in [1.82, 2.24) is 9.88 Å². The van der Waals surface area contributed by atoms with Gasteiger partial charge in [0.15, 0.2) is 5.75 Å². The fourth-order valence-corrected chi connectivity index (χ4v) is 3.47. The molecule has 0 fully saturated rings. The summed E-state index contributed by atoms with van der Waals surface area (Å²) in [5.41, 5.74) is 0.236. The molecule has 184 valence electrons. The van der Waals surface area contributed by atoms with Crippen LogP contribution in [0.3, 0.4) is 0 Å². The number of aromatic nitrogens is 1. The summed E-state index contributed by atoms with van der Waals surface area (Å²) in [5, 5.41) is 2.50. The van der Waals surface area contributed by atoms with Crippen LogP contribution in [0.5, 0.6) is 5.75 Å². The third-order valence-electron chi connectivity index (χ3n) is 5.18. The van der Waals surface area contributed by atoms with Crippen molar-refractivity contribution in [3.8, 4) is 5.75 Å². The standard InChI is InChI=1S/C26H26F2N2O5/c1-4-12-30-15-20(25(32)29-14-18-10-11-19(27)13-21(18)28)23(31)24(22(30)26(33-2)34-3)35-16-17-8-6-5-7-9-17/h4-11,13,15,26H,1,12,14,16H2,2-3H3,(H,29,32). The van der Waals surface area contributed by atoms with Gasteiger partial charge in [0, 0.05) is 45.1 Å². The summed E-state index contributed by atoms with van der Waals surface area (Å²) in [7, 11) is 2.82. The Bertz CT molecular complexity index is 1240. The summed E-state index contributed by atoms with van der Waals surface area (Å²) >= 11 is 0. The van der Waals surface area contributed by atoms with Crippen molar-refractivity contribution >= 4 is 5.91 Å². The van der Waals surface area contributed by atoms with Crippen LogP contribution in [0.2, 0.25) is 0 Å². The van der Waals surface area contributed by atoms with Gasteiger partial charge in [-0.1, -0.05) is 42.5 Å². The highest BCUT2D eigenvalue weighted by Crippen LogP contribution is 2.27. The quantitative estimate of drug-likeness (QED) is 0.327. The number of allylic oxidation sites excluding steroid dienone is 1. The fourth-order valence-electron chi connectivity index (χ4n) is 3.47. The average molecular weight is 484 g/mol. The molecule has 0 aliphatic carbocycles. The average Bonchev–Trinajstić information content (AvgIpc) is 2.85. The first-order valence-corrected chi connectivity index (χ1v) is 10.7. The van der Waals surface area contributed by atoms with E-state index in [1.165, 1.54) is 26.5 Å². The molecule has 0 aliphatic rings. The van der Waals surface area contributed by atoms with Crippen LogP contribution in [-0.2, 0) is 29.2 Å². The van der Waals surface area contributed by atoms with Gasteiger partial charge in [0.25, 0.3) is 5.91 Å². The molecule has 3 aromatic rings. The summed E-state index contributed by atoms with van der Waals surface area (Å²) in [5.74, 6) is -2.41. The van der Waals surface area contributed by atoms with Crippen molar-refractivity contribution in [3.05, 3.63) is 112 Å². The predicted molar refractivity (Wildman–Crippen MR) is 126 cm³/mol. The molecule has 0 aliphatic heterocycles. The number of hydrogen-bond donors (Lipinski definition) is 1. The molecule has 0 saturated heterocycles. The normalized spacial score (nSPS) is 10.9. The summed E-state index contributed by atoms with van der Waals surface area (Å²) in [6, 6.07) is 12.2. The number of rotatable bonds is 11.